The molecule has 0 bridgehead atoms. The number of nitrogens with zero attached hydrogens (tertiary/aromatic N) is 3. The number of thiazole rings is 1. The lowest BCUT2D eigenvalue weighted by Crippen LogP contribution is -2.60. The zero-order valence-electron chi connectivity index (χ0n) is 15.6. The van der Waals surface area contributed by atoms with E-state index in [0.717, 1.165) is 50.4 Å². The highest BCUT2D eigenvalue weighted by atomic mass is 127. The highest BCUT2D eigenvalue weighted by molar-refractivity contribution is 14.0. The average molecular weight is 511 g/mol. The van der Waals surface area contributed by atoms with Crippen molar-refractivity contribution < 1.29 is 4.74 Å². The lowest BCUT2D eigenvalue weighted by molar-refractivity contribution is -0.0120. The Bertz CT molecular complexity index is 571. The van der Waals surface area contributed by atoms with Gasteiger partial charge in [0.1, 0.15) is 5.01 Å². The molecule has 0 aromatic carbocycles. The summed E-state index contributed by atoms with van der Waals surface area (Å²) in [5.74, 6) is 3.32. The van der Waals surface area contributed by atoms with Crippen LogP contribution < -0.4 is 10.6 Å². The van der Waals surface area contributed by atoms with Gasteiger partial charge in [-0.25, -0.2) is 9.98 Å². The molecule has 1 aromatic heterocycles. The Kier molecular flexibility index (Phi) is 9.42. The largest absolute Gasteiger partial charge is 0.379 e. The standard InChI is InChI=1S/C17H29N5OS2.HI/c1-3-18-16(20-11-15-19-10-14(2)25-15)21-12-17(4-9-24-13-17)22-5-7-23-8-6-22;/h10H,3-9,11-13H2,1-2H3,(H2,18,20,21);1H. The van der Waals surface area contributed by atoms with E-state index in [1.807, 2.05) is 6.20 Å². The van der Waals surface area contributed by atoms with Crippen molar-refractivity contribution in [2.24, 2.45) is 4.99 Å². The third kappa shape index (κ3) is 5.95. The van der Waals surface area contributed by atoms with Gasteiger partial charge < -0.3 is 15.4 Å². The van der Waals surface area contributed by atoms with Crippen molar-refractivity contribution in [2.75, 3.05) is 50.9 Å². The van der Waals surface area contributed by atoms with Gasteiger partial charge in [0.05, 0.1) is 19.8 Å². The van der Waals surface area contributed by atoms with Gasteiger partial charge in [-0.1, -0.05) is 0 Å². The van der Waals surface area contributed by atoms with E-state index in [9.17, 15) is 0 Å². The molecule has 9 heteroatoms. The first-order valence-electron chi connectivity index (χ1n) is 9.06. The first-order chi connectivity index (χ1) is 12.2. The number of thioether (sulfide) groups is 1. The monoisotopic (exact) mass is 511 g/mol. The summed E-state index contributed by atoms with van der Waals surface area (Å²) >= 11 is 3.78. The van der Waals surface area contributed by atoms with Gasteiger partial charge in [-0.15, -0.1) is 35.3 Å². The Morgan fingerprint density at radius 1 is 1.38 bits per heavy atom. The van der Waals surface area contributed by atoms with Gasteiger partial charge in [0, 0.05) is 48.5 Å². The molecular weight excluding hydrogens is 481 g/mol. The number of guanidine groups is 1. The zero-order chi connectivity index (χ0) is 17.5. The van der Waals surface area contributed by atoms with Crippen LogP contribution in [0.3, 0.4) is 0 Å². The average Bonchev–Trinajstić information content (AvgIpc) is 3.28. The summed E-state index contributed by atoms with van der Waals surface area (Å²) in [5.41, 5.74) is 0.225. The molecule has 26 heavy (non-hydrogen) atoms. The van der Waals surface area contributed by atoms with Gasteiger partial charge in [-0.3, -0.25) is 4.90 Å². The Balaban J connectivity index is 0.00000243. The maximum absolute atomic E-state index is 5.55. The minimum atomic E-state index is 0. The van der Waals surface area contributed by atoms with Crippen molar-refractivity contribution in [1.29, 1.82) is 0 Å². The van der Waals surface area contributed by atoms with Crippen LogP contribution in [0, 0.1) is 6.92 Å². The number of morpholine rings is 1. The fraction of sp³-hybridized carbons (Fsp3) is 0.765. The van der Waals surface area contributed by atoms with Gasteiger partial charge in [0.2, 0.25) is 0 Å². The normalized spacial score (nSPS) is 24.3. The molecule has 2 saturated heterocycles. The van der Waals surface area contributed by atoms with Crippen LogP contribution in [0.15, 0.2) is 11.2 Å². The number of nitrogens with one attached hydrogen (secondary N) is 2. The Morgan fingerprint density at radius 2 is 2.19 bits per heavy atom. The van der Waals surface area contributed by atoms with Crippen LogP contribution in [-0.4, -0.2) is 72.3 Å². The van der Waals surface area contributed by atoms with Crippen LogP contribution in [0.5, 0.6) is 0 Å². The topological polar surface area (TPSA) is 61.8 Å². The van der Waals surface area contributed by atoms with Crippen molar-refractivity contribution in [3.8, 4) is 0 Å². The minimum Gasteiger partial charge on any atom is -0.379 e. The van der Waals surface area contributed by atoms with E-state index in [-0.39, 0.29) is 29.5 Å². The molecule has 2 N–H and O–H groups in total. The lowest BCUT2D eigenvalue weighted by Gasteiger charge is -2.43. The van der Waals surface area contributed by atoms with Crippen LogP contribution in [0.2, 0.25) is 0 Å². The second kappa shape index (κ2) is 11.0. The quantitative estimate of drug-likeness (QED) is 0.348. The lowest BCUT2D eigenvalue weighted by atomic mass is 9.95. The summed E-state index contributed by atoms with van der Waals surface area (Å²) in [4.78, 5) is 13.0. The van der Waals surface area contributed by atoms with Crippen LogP contribution in [-0.2, 0) is 11.3 Å². The van der Waals surface area contributed by atoms with E-state index in [4.69, 9.17) is 9.73 Å². The molecule has 148 valence electrons. The third-order valence-corrected chi connectivity index (χ3v) is 6.87. The van der Waals surface area contributed by atoms with E-state index >= 15 is 0 Å². The van der Waals surface area contributed by atoms with Crippen LogP contribution >= 0.6 is 47.1 Å². The number of ether oxygens (including phenoxy) is 1. The fourth-order valence-corrected chi connectivity index (χ4v) is 5.54. The van der Waals surface area contributed by atoms with Crippen molar-refractivity contribution in [3.63, 3.8) is 0 Å². The molecule has 0 aliphatic carbocycles. The molecule has 1 unspecified atom stereocenters. The molecule has 2 aliphatic heterocycles. The van der Waals surface area contributed by atoms with Crippen molar-refractivity contribution >= 4 is 53.0 Å². The number of halogens is 1. The molecule has 0 amide bonds. The predicted octanol–water partition coefficient (Wildman–Crippen LogP) is 2.33. The van der Waals surface area contributed by atoms with Crippen LogP contribution in [0.25, 0.3) is 0 Å². The number of aromatic nitrogens is 1. The third-order valence-electron chi connectivity index (χ3n) is 4.74. The SMILES string of the molecule is CCNC(=NCc1ncc(C)s1)NCC1(N2CCOCC2)CCSC1.I. The van der Waals surface area contributed by atoms with Gasteiger partial charge in [0.15, 0.2) is 5.96 Å². The van der Waals surface area contributed by atoms with E-state index in [1.165, 1.54) is 22.8 Å². The van der Waals surface area contributed by atoms with Crippen LogP contribution in [0.4, 0.5) is 0 Å². The van der Waals surface area contributed by atoms with Crippen molar-refractivity contribution in [3.05, 3.63) is 16.1 Å². The molecule has 1 atom stereocenters. The molecule has 0 spiro atoms. The van der Waals surface area contributed by atoms with Crippen molar-refractivity contribution in [1.82, 2.24) is 20.5 Å². The summed E-state index contributed by atoms with van der Waals surface area (Å²) in [6, 6.07) is 0. The molecule has 3 rings (SSSR count). The van der Waals surface area contributed by atoms with E-state index < -0.39 is 0 Å². The highest BCUT2D eigenvalue weighted by Gasteiger charge is 2.40. The molecule has 2 fully saturated rings. The summed E-state index contributed by atoms with van der Waals surface area (Å²) in [6.07, 6.45) is 3.15. The minimum absolute atomic E-state index is 0. The Morgan fingerprint density at radius 3 is 2.81 bits per heavy atom. The van der Waals surface area contributed by atoms with Crippen molar-refractivity contribution in [2.45, 2.75) is 32.4 Å². The predicted molar refractivity (Wildman–Crippen MR) is 122 cm³/mol. The maximum Gasteiger partial charge on any atom is 0.191 e. The van der Waals surface area contributed by atoms with Gasteiger partial charge in [-0.05, 0) is 26.0 Å². The number of hydrogen-bond acceptors (Lipinski definition) is 6. The number of aliphatic imine (C=N–C) groups is 1. The fourth-order valence-electron chi connectivity index (χ4n) is 3.35. The summed E-state index contributed by atoms with van der Waals surface area (Å²) in [6.45, 7) is 10.4. The number of aryl methyl sites for hydroxylation is 1. The summed E-state index contributed by atoms with van der Waals surface area (Å²) in [5, 5.41) is 8.03. The molecule has 3 heterocycles. The van der Waals surface area contributed by atoms with E-state index in [0.29, 0.717) is 6.54 Å². The molecule has 0 saturated carbocycles. The van der Waals surface area contributed by atoms with Crippen LogP contribution in [0.1, 0.15) is 23.2 Å². The first-order valence-corrected chi connectivity index (χ1v) is 11.0. The van der Waals surface area contributed by atoms with E-state index in [1.54, 1.807) is 11.3 Å². The van der Waals surface area contributed by atoms with Gasteiger partial charge >= 0.3 is 0 Å². The summed E-state index contributed by atoms with van der Waals surface area (Å²) in [7, 11) is 0. The summed E-state index contributed by atoms with van der Waals surface area (Å²) < 4.78 is 5.55. The molecular formula is C17H30IN5OS2. The highest BCUT2D eigenvalue weighted by Crippen LogP contribution is 2.33. The Labute approximate surface area is 182 Å². The number of hydrogen-bond donors (Lipinski definition) is 2. The smallest absolute Gasteiger partial charge is 0.191 e. The molecule has 0 radical (unpaired) electrons. The first kappa shape index (κ1) is 22.2. The Hall–Kier alpha value is -0.100. The molecule has 2 aliphatic rings. The molecule has 6 nitrogen and oxygen atoms in total. The second-order valence-electron chi connectivity index (χ2n) is 6.54. The van der Waals surface area contributed by atoms with E-state index in [2.05, 4.69) is 46.1 Å². The second-order valence-corrected chi connectivity index (χ2v) is 8.96. The molecule has 1 aromatic rings. The van der Waals surface area contributed by atoms with Gasteiger partial charge in [-0.2, -0.15) is 11.8 Å². The zero-order valence-corrected chi connectivity index (χ0v) is 19.6. The maximum atomic E-state index is 5.55. The van der Waals surface area contributed by atoms with Gasteiger partial charge in [0.25, 0.3) is 0 Å². The number of rotatable bonds is 6.